The minimum absolute atomic E-state index is 0.126. The zero-order chi connectivity index (χ0) is 9.84. The minimum Gasteiger partial charge on any atom is -0.390 e. The quantitative estimate of drug-likeness (QED) is 0.457. The van der Waals surface area contributed by atoms with E-state index in [0.29, 0.717) is 19.0 Å². The zero-order valence-corrected chi connectivity index (χ0v) is 8.10. The van der Waals surface area contributed by atoms with E-state index in [9.17, 15) is 5.11 Å². The molecule has 1 saturated heterocycles. The van der Waals surface area contributed by atoms with Gasteiger partial charge in [0.25, 0.3) is 0 Å². The fourth-order valence-electron chi connectivity index (χ4n) is 1.30. The first kappa shape index (κ1) is 11.3. The van der Waals surface area contributed by atoms with Gasteiger partial charge in [-0.2, -0.15) is 0 Å². The number of aliphatic hydroxyl groups is 2. The molecule has 6 heteroatoms. The number of rotatable bonds is 3. The molecule has 5 nitrogen and oxygen atoms in total. The van der Waals surface area contributed by atoms with Gasteiger partial charge in [0.05, 0.1) is 18.8 Å². The molecular weight excluding hydrogens is 195 g/mol. The standard InChI is InChI=1S/C7H15O5P/c8-6-3-5(1-2-13(10)11)12-4-7(6)9/h5-11H,1-4H2/t5-,6+,7-/m1/s1. The SMILES string of the molecule is O[C@@H]1CO[C@H](CCP(O)O)C[C@@H]1O. The van der Waals surface area contributed by atoms with Crippen molar-refractivity contribution in [2.45, 2.75) is 31.2 Å². The molecule has 1 fully saturated rings. The Morgan fingerprint density at radius 2 is 1.92 bits per heavy atom. The lowest BCUT2D eigenvalue weighted by molar-refractivity contribution is -0.121. The van der Waals surface area contributed by atoms with Crippen LogP contribution in [-0.2, 0) is 4.74 Å². The maximum absolute atomic E-state index is 9.26. The molecule has 0 aromatic rings. The van der Waals surface area contributed by atoms with Crippen molar-refractivity contribution in [3.63, 3.8) is 0 Å². The molecular formula is C7H15O5P. The van der Waals surface area contributed by atoms with E-state index in [1.165, 1.54) is 0 Å². The first-order valence-electron chi connectivity index (χ1n) is 4.22. The molecule has 78 valence electrons. The Kier molecular flexibility index (Phi) is 4.52. The van der Waals surface area contributed by atoms with Crippen LogP contribution in [0.5, 0.6) is 0 Å². The summed E-state index contributed by atoms with van der Waals surface area (Å²) in [5.74, 6) is 0. The minimum atomic E-state index is -1.87. The van der Waals surface area contributed by atoms with E-state index in [1.807, 2.05) is 0 Å². The van der Waals surface area contributed by atoms with Crippen molar-refractivity contribution in [3.05, 3.63) is 0 Å². The van der Waals surface area contributed by atoms with Crippen LogP contribution >= 0.6 is 8.38 Å². The van der Waals surface area contributed by atoms with Gasteiger partial charge in [-0.15, -0.1) is 0 Å². The Morgan fingerprint density at radius 1 is 1.23 bits per heavy atom. The van der Waals surface area contributed by atoms with Gasteiger partial charge in [0, 0.05) is 12.6 Å². The molecule has 13 heavy (non-hydrogen) atoms. The van der Waals surface area contributed by atoms with Gasteiger partial charge >= 0.3 is 0 Å². The summed E-state index contributed by atoms with van der Waals surface area (Å²) in [4.78, 5) is 17.3. The fraction of sp³-hybridized carbons (Fsp3) is 1.00. The van der Waals surface area contributed by atoms with Gasteiger partial charge in [0.2, 0.25) is 0 Å². The summed E-state index contributed by atoms with van der Waals surface area (Å²) in [6, 6.07) is 0. The highest BCUT2D eigenvalue weighted by atomic mass is 31.2. The predicted molar refractivity (Wildman–Crippen MR) is 47.2 cm³/mol. The van der Waals surface area contributed by atoms with E-state index >= 15 is 0 Å². The van der Waals surface area contributed by atoms with E-state index in [0.717, 1.165) is 0 Å². The molecule has 0 aliphatic carbocycles. The van der Waals surface area contributed by atoms with Crippen LogP contribution in [0.2, 0.25) is 0 Å². The molecule has 1 aliphatic heterocycles. The maximum atomic E-state index is 9.26. The molecule has 0 spiro atoms. The zero-order valence-electron chi connectivity index (χ0n) is 7.20. The van der Waals surface area contributed by atoms with Crippen LogP contribution in [0.4, 0.5) is 0 Å². The first-order valence-corrected chi connectivity index (χ1v) is 5.66. The topological polar surface area (TPSA) is 90.2 Å². The molecule has 0 amide bonds. The summed E-state index contributed by atoms with van der Waals surface area (Å²) >= 11 is 0. The lowest BCUT2D eigenvalue weighted by atomic mass is 10.0. The van der Waals surface area contributed by atoms with Crippen LogP contribution in [0, 0.1) is 0 Å². The van der Waals surface area contributed by atoms with Crippen molar-refractivity contribution in [2.24, 2.45) is 0 Å². The Bertz CT molecular complexity index is 154. The smallest absolute Gasteiger partial charge is 0.165 e. The highest BCUT2D eigenvalue weighted by Gasteiger charge is 2.28. The van der Waals surface area contributed by atoms with E-state index in [1.54, 1.807) is 0 Å². The third kappa shape index (κ3) is 3.85. The predicted octanol–water partition coefficient (Wildman–Crippen LogP) is -0.816. The third-order valence-electron chi connectivity index (χ3n) is 2.10. The Balaban J connectivity index is 2.21. The molecule has 1 aliphatic rings. The number of hydrogen-bond donors (Lipinski definition) is 4. The molecule has 0 saturated carbocycles. The molecule has 1 heterocycles. The summed E-state index contributed by atoms with van der Waals surface area (Å²) < 4.78 is 5.19. The number of ether oxygens (including phenoxy) is 1. The maximum Gasteiger partial charge on any atom is 0.165 e. The average Bonchev–Trinajstić information content (AvgIpc) is 2.07. The van der Waals surface area contributed by atoms with Crippen molar-refractivity contribution < 1.29 is 24.7 Å². The second-order valence-corrected chi connectivity index (χ2v) is 4.40. The van der Waals surface area contributed by atoms with Crippen LogP contribution in [0.15, 0.2) is 0 Å². The highest BCUT2D eigenvalue weighted by Crippen LogP contribution is 2.27. The molecule has 0 radical (unpaired) electrons. The van der Waals surface area contributed by atoms with Crippen LogP contribution in [0.25, 0.3) is 0 Å². The molecule has 4 N–H and O–H groups in total. The monoisotopic (exact) mass is 210 g/mol. The summed E-state index contributed by atoms with van der Waals surface area (Å²) in [6.07, 6.45) is -0.540. The van der Waals surface area contributed by atoms with Crippen LogP contribution in [0.1, 0.15) is 12.8 Å². The van der Waals surface area contributed by atoms with Crippen molar-refractivity contribution in [2.75, 3.05) is 12.8 Å². The van der Waals surface area contributed by atoms with Crippen LogP contribution in [-0.4, -0.2) is 51.1 Å². The Morgan fingerprint density at radius 3 is 2.46 bits per heavy atom. The van der Waals surface area contributed by atoms with Gasteiger partial charge in [-0.1, -0.05) is 0 Å². The molecule has 1 rings (SSSR count). The summed E-state index contributed by atoms with van der Waals surface area (Å²) in [5, 5.41) is 18.4. The van der Waals surface area contributed by atoms with E-state index in [4.69, 9.17) is 19.6 Å². The molecule has 0 bridgehead atoms. The summed E-state index contributed by atoms with van der Waals surface area (Å²) in [7, 11) is -1.87. The summed E-state index contributed by atoms with van der Waals surface area (Å²) in [6.45, 7) is 0.126. The van der Waals surface area contributed by atoms with Crippen LogP contribution < -0.4 is 0 Å². The number of aliphatic hydroxyl groups excluding tert-OH is 2. The molecule has 0 aromatic heterocycles. The van der Waals surface area contributed by atoms with Crippen molar-refractivity contribution in [1.29, 1.82) is 0 Å². The van der Waals surface area contributed by atoms with Gasteiger partial charge in [-0.25, -0.2) is 0 Å². The van der Waals surface area contributed by atoms with Gasteiger partial charge in [-0.3, -0.25) is 0 Å². The highest BCUT2D eigenvalue weighted by molar-refractivity contribution is 7.45. The Hall–Kier alpha value is 0.230. The second-order valence-electron chi connectivity index (χ2n) is 3.21. The van der Waals surface area contributed by atoms with E-state index in [2.05, 4.69) is 0 Å². The van der Waals surface area contributed by atoms with Gasteiger partial charge in [-0.05, 0) is 6.42 Å². The average molecular weight is 210 g/mol. The largest absolute Gasteiger partial charge is 0.390 e. The summed E-state index contributed by atoms with van der Waals surface area (Å²) in [5.41, 5.74) is 0. The normalized spacial score (nSPS) is 35.3. The van der Waals surface area contributed by atoms with Gasteiger partial charge < -0.3 is 24.7 Å². The third-order valence-corrected chi connectivity index (χ3v) is 2.76. The van der Waals surface area contributed by atoms with E-state index in [-0.39, 0.29) is 12.7 Å². The Labute approximate surface area is 77.9 Å². The lowest BCUT2D eigenvalue weighted by Gasteiger charge is -2.30. The molecule has 0 aromatic carbocycles. The van der Waals surface area contributed by atoms with Gasteiger partial charge in [0.15, 0.2) is 8.38 Å². The molecule has 3 atom stereocenters. The van der Waals surface area contributed by atoms with Gasteiger partial charge in [0.1, 0.15) is 6.10 Å². The number of hydrogen-bond acceptors (Lipinski definition) is 5. The van der Waals surface area contributed by atoms with Crippen molar-refractivity contribution in [3.8, 4) is 0 Å². The van der Waals surface area contributed by atoms with E-state index < -0.39 is 20.6 Å². The lowest BCUT2D eigenvalue weighted by Crippen LogP contribution is -2.41. The van der Waals surface area contributed by atoms with Crippen molar-refractivity contribution in [1.82, 2.24) is 0 Å². The fourth-order valence-corrected chi connectivity index (χ4v) is 1.82. The first-order chi connectivity index (χ1) is 6.09. The van der Waals surface area contributed by atoms with Crippen LogP contribution in [0.3, 0.4) is 0 Å². The van der Waals surface area contributed by atoms with Crippen molar-refractivity contribution >= 4 is 8.38 Å². The second kappa shape index (κ2) is 5.20. The molecule has 0 unspecified atom stereocenters.